The molecule has 0 radical (unpaired) electrons. The normalized spacial score (nSPS) is 44.4. The number of hydrogen-bond donors (Lipinski definition) is 0. The summed E-state index contributed by atoms with van der Waals surface area (Å²) >= 11 is 0. The van der Waals surface area contributed by atoms with Gasteiger partial charge >= 0.3 is 0 Å². The molecule has 3 aliphatic rings. The summed E-state index contributed by atoms with van der Waals surface area (Å²) in [6.07, 6.45) is -2.76. The molecule has 3 saturated carbocycles. The SMILES string of the molecule is [2H]C1([2H])C(=C2CCCCC2)C([2H])([2H])C([2H])([2H])C(=C2CCCCC2)C1([2H])[2H]. The molecular weight excluding hydrogens is 216 g/mol. The third kappa shape index (κ3) is 2.90. The smallest absolute Gasteiger partial charge is 0.0316 e. The first kappa shape index (κ1) is 6.29. The highest BCUT2D eigenvalue weighted by Gasteiger charge is 2.19. The van der Waals surface area contributed by atoms with Crippen LogP contribution in [0.3, 0.4) is 0 Å². The zero-order valence-corrected chi connectivity index (χ0v) is 11.1. The quantitative estimate of drug-likeness (QED) is 0.458. The molecule has 0 aromatic heterocycles. The topological polar surface area (TPSA) is 0 Å². The standard InChI is InChI=1S/C18H28/c1-3-7-15(8-4-1)17-11-13-18(14-12-17)16-9-5-2-6-10-16/h1-14H2/i11D2,12D2,13D2,14D2. The molecule has 0 aromatic rings. The molecule has 0 spiro atoms. The molecule has 0 heteroatoms. The van der Waals surface area contributed by atoms with Crippen molar-refractivity contribution < 1.29 is 11.0 Å². The molecular formula is C18H28. The second-order valence-corrected chi connectivity index (χ2v) is 5.58. The Labute approximate surface area is 124 Å². The molecule has 0 N–H and O–H groups in total. The van der Waals surface area contributed by atoms with Gasteiger partial charge in [-0.15, -0.1) is 0 Å². The molecule has 0 atom stereocenters. The lowest BCUT2D eigenvalue weighted by Crippen LogP contribution is -2.07. The molecule has 0 saturated heterocycles. The molecule has 18 heavy (non-hydrogen) atoms. The van der Waals surface area contributed by atoms with Crippen molar-refractivity contribution in [3.63, 3.8) is 0 Å². The lowest BCUT2D eigenvalue weighted by Gasteiger charge is -2.27. The van der Waals surface area contributed by atoms with Crippen LogP contribution >= 0.6 is 0 Å². The summed E-state index contributed by atoms with van der Waals surface area (Å²) in [7, 11) is 0. The lowest BCUT2D eigenvalue weighted by atomic mass is 9.79. The summed E-state index contributed by atoms with van der Waals surface area (Å²) in [5, 5.41) is 0. The fourth-order valence-corrected chi connectivity index (χ4v) is 3.12. The summed E-state index contributed by atoms with van der Waals surface area (Å²) in [5.74, 6) is 0. The second kappa shape index (κ2) is 6.08. The van der Waals surface area contributed by atoms with E-state index >= 15 is 0 Å². The van der Waals surface area contributed by atoms with E-state index in [1.807, 2.05) is 0 Å². The highest BCUT2D eigenvalue weighted by atomic mass is 14.2. The maximum atomic E-state index is 8.60. The Morgan fingerprint density at radius 1 is 0.444 bits per heavy atom. The van der Waals surface area contributed by atoms with Gasteiger partial charge in [-0.2, -0.15) is 0 Å². The van der Waals surface area contributed by atoms with E-state index in [1.165, 1.54) is 0 Å². The Hall–Kier alpha value is -0.520. The van der Waals surface area contributed by atoms with Crippen LogP contribution in [0.2, 0.25) is 0 Å². The lowest BCUT2D eigenvalue weighted by molar-refractivity contribution is 0.561. The van der Waals surface area contributed by atoms with Gasteiger partial charge in [0.05, 0.1) is 0 Å². The van der Waals surface area contributed by atoms with Crippen LogP contribution < -0.4 is 0 Å². The van der Waals surface area contributed by atoms with Crippen LogP contribution in [0, 0.1) is 0 Å². The van der Waals surface area contributed by atoms with Gasteiger partial charge < -0.3 is 0 Å². The predicted molar refractivity (Wildman–Crippen MR) is 78.7 cm³/mol. The van der Waals surface area contributed by atoms with Crippen LogP contribution in [0.5, 0.6) is 0 Å². The highest BCUT2D eigenvalue weighted by Crippen LogP contribution is 2.38. The zero-order valence-electron chi connectivity index (χ0n) is 19.1. The Morgan fingerprint density at radius 3 is 1.11 bits per heavy atom. The maximum absolute atomic E-state index is 8.60. The molecule has 0 unspecified atom stereocenters. The predicted octanol–water partition coefficient (Wildman–Crippen LogP) is 6.08. The first-order chi connectivity index (χ1) is 12.0. The molecule has 3 rings (SSSR count). The first-order valence-corrected chi connectivity index (χ1v) is 7.41. The fraction of sp³-hybridized carbons (Fsp3) is 0.778. The third-order valence-electron chi connectivity index (χ3n) is 4.25. The van der Waals surface area contributed by atoms with E-state index in [1.54, 1.807) is 0 Å². The van der Waals surface area contributed by atoms with Crippen LogP contribution in [0.15, 0.2) is 22.3 Å². The van der Waals surface area contributed by atoms with Gasteiger partial charge in [-0.05, 0) is 76.9 Å². The number of rotatable bonds is 0. The summed E-state index contributed by atoms with van der Waals surface area (Å²) in [4.78, 5) is 0. The van der Waals surface area contributed by atoms with Crippen LogP contribution in [0.1, 0.15) is 101 Å². The van der Waals surface area contributed by atoms with Gasteiger partial charge in [0.2, 0.25) is 0 Å². The van der Waals surface area contributed by atoms with Gasteiger partial charge in [-0.3, -0.25) is 0 Å². The number of allylic oxidation sites excluding steroid dienone is 4. The Morgan fingerprint density at radius 2 is 0.778 bits per heavy atom. The highest BCUT2D eigenvalue weighted by molar-refractivity contribution is 5.26. The maximum Gasteiger partial charge on any atom is 0.0316 e. The van der Waals surface area contributed by atoms with E-state index in [0.717, 1.165) is 38.5 Å². The van der Waals surface area contributed by atoms with E-state index in [2.05, 4.69) is 0 Å². The molecule has 3 fully saturated rings. The van der Waals surface area contributed by atoms with Gasteiger partial charge in [-0.1, -0.05) is 35.1 Å². The molecule has 0 aliphatic heterocycles. The minimum atomic E-state index is -2.55. The molecule has 0 bridgehead atoms. The van der Waals surface area contributed by atoms with Gasteiger partial charge in [0.15, 0.2) is 0 Å². The van der Waals surface area contributed by atoms with Gasteiger partial charge in [-0.25, -0.2) is 0 Å². The molecule has 0 aromatic carbocycles. The summed E-state index contributed by atoms with van der Waals surface area (Å²) < 4.78 is 68.8. The van der Waals surface area contributed by atoms with Crippen molar-refractivity contribution in [3.8, 4) is 0 Å². The van der Waals surface area contributed by atoms with Crippen molar-refractivity contribution >= 4 is 0 Å². The van der Waals surface area contributed by atoms with E-state index in [9.17, 15) is 0 Å². The average Bonchev–Trinajstić information content (AvgIpc) is 2.55. The van der Waals surface area contributed by atoms with Crippen LogP contribution in [-0.2, 0) is 0 Å². The zero-order chi connectivity index (χ0) is 19.4. The Bertz CT molecular complexity index is 538. The van der Waals surface area contributed by atoms with Crippen LogP contribution in [0.4, 0.5) is 0 Å². The Kier molecular flexibility index (Phi) is 2.12. The van der Waals surface area contributed by atoms with Gasteiger partial charge in [0, 0.05) is 11.0 Å². The minimum absolute atomic E-state index is 0.264. The van der Waals surface area contributed by atoms with Crippen LogP contribution in [0.25, 0.3) is 0 Å². The number of hydrogen-bond acceptors (Lipinski definition) is 0. The monoisotopic (exact) mass is 252 g/mol. The van der Waals surface area contributed by atoms with E-state index in [4.69, 9.17) is 11.0 Å². The van der Waals surface area contributed by atoms with Crippen molar-refractivity contribution in [2.24, 2.45) is 0 Å². The molecule has 100 valence electrons. The average molecular weight is 252 g/mol. The van der Waals surface area contributed by atoms with Crippen LogP contribution in [-0.4, -0.2) is 0 Å². The van der Waals surface area contributed by atoms with Crippen molar-refractivity contribution in [1.82, 2.24) is 0 Å². The van der Waals surface area contributed by atoms with Crippen molar-refractivity contribution in [2.75, 3.05) is 0 Å². The summed E-state index contributed by atoms with van der Waals surface area (Å²) in [6.45, 7) is 0. The largest absolute Gasteiger partial charge is 0.0710 e. The van der Waals surface area contributed by atoms with E-state index < -0.39 is 25.5 Å². The van der Waals surface area contributed by atoms with Gasteiger partial charge in [0.25, 0.3) is 0 Å². The Balaban J connectivity index is 2.26. The molecule has 3 aliphatic carbocycles. The molecule has 0 heterocycles. The second-order valence-electron chi connectivity index (χ2n) is 5.58. The first-order valence-electron chi connectivity index (χ1n) is 11.4. The molecule has 0 nitrogen and oxygen atoms in total. The van der Waals surface area contributed by atoms with Gasteiger partial charge in [0.1, 0.15) is 0 Å². The third-order valence-corrected chi connectivity index (χ3v) is 4.25. The van der Waals surface area contributed by atoms with Crippen molar-refractivity contribution in [2.45, 2.75) is 89.7 Å². The minimum Gasteiger partial charge on any atom is -0.0710 e. The fourth-order valence-electron chi connectivity index (χ4n) is 3.12. The molecule has 0 amide bonds. The van der Waals surface area contributed by atoms with E-state index in [0.29, 0.717) is 36.8 Å². The van der Waals surface area contributed by atoms with E-state index in [-0.39, 0.29) is 11.1 Å². The van der Waals surface area contributed by atoms with Crippen molar-refractivity contribution in [1.29, 1.82) is 0 Å². The van der Waals surface area contributed by atoms with Crippen molar-refractivity contribution in [3.05, 3.63) is 22.3 Å². The summed E-state index contributed by atoms with van der Waals surface area (Å²) in [6, 6.07) is 0. The summed E-state index contributed by atoms with van der Waals surface area (Å²) in [5.41, 5.74) is 0.651.